The summed E-state index contributed by atoms with van der Waals surface area (Å²) in [5, 5.41) is 17.8. The van der Waals surface area contributed by atoms with E-state index in [4.69, 9.17) is 16.1 Å². The van der Waals surface area contributed by atoms with E-state index in [9.17, 15) is 22.8 Å². The number of amides is 1. The number of nitrogens with zero attached hydrogens (tertiary/aromatic N) is 2. The summed E-state index contributed by atoms with van der Waals surface area (Å²) in [5.41, 5.74) is 5.19. The molecule has 6 nitrogen and oxygen atoms in total. The monoisotopic (exact) mass is 371 g/mol. The quantitative estimate of drug-likeness (QED) is 0.717. The summed E-state index contributed by atoms with van der Waals surface area (Å²) in [7, 11) is 0. The fraction of sp³-hybridized carbons (Fsp3) is 0.471. The summed E-state index contributed by atoms with van der Waals surface area (Å²) >= 11 is 0. The minimum absolute atomic E-state index is 0.0166. The van der Waals surface area contributed by atoms with Crippen molar-refractivity contribution in [3.8, 4) is 6.07 Å². The van der Waals surface area contributed by atoms with Crippen LogP contribution in [0, 0.1) is 17.2 Å². The number of carbonyl (C=O) groups is 2. The highest BCUT2D eigenvalue weighted by molar-refractivity contribution is 5.87. The van der Waals surface area contributed by atoms with Crippen LogP contribution < -0.4 is 5.73 Å². The van der Waals surface area contributed by atoms with Crippen molar-refractivity contribution >= 4 is 11.9 Å². The summed E-state index contributed by atoms with van der Waals surface area (Å²) in [4.78, 5) is 23.7. The Bertz CT molecular complexity index is 681. The van der Waals surface area contributed by atoms with E-state index in [1.807, 2.05) is 0 Å². The Labute approximate surface area is 149 Å². The van der Waals surface area contributed by atoms with Gasteiger partial charge in [0.1, 0.15) is 6.54 Å². The van der Waals surface area contributed by atoms with Gasteiger partial charge in [0.05, 0.1) is 17.7 Å². The van der Waals surface area contributed by atoms with E-state index in [0.717, 1.165) is 24.3 Å². The normalized spacial score (nSPS) is 13.8. The van der Waals surface area contributed by atoms with Crippen LogP contribution in [0.4, 0.5) is 13.2 Å². The summed E-state index contributed by atoms with van der Waals surface area (Å²) in [6.07, 6.45) is -4.70. The van der Waals surface area contributed by atoms with Crippen LogP contribution in [0.5, 0.6) is 0 Å². The molecule has 0 aliphatic carbocycles. The smallest absolute Gasteiger partial charge is 0.413 e. The highest BCUT2D eigenvalue weighted by Gasteiger charge is 2.47. The molecule has 0 saturated heterocycles. The van der Waals surface area contributed by atoms with Crippen LogP contribution in [-0.4, -0.2) is 40.6 Å². The molecule has 142 valence electrons. The number of benzene rings is 1. The van der Waals surface area contributed by atoms with E-state index >= 15 is 0 Å². The number of hydrogen-bond donors (Lipinski definition) is 2. The zero-order chi connectivity index (χ0) is 20.1. The second-order valence-electron chi connectivity index (χ2n) is 6.23. The molecule has 0 aromatic heterocycles. The predicted octanol–water partition coefficient (Wildman–Crippen LogP) is 2.71. The lowest BCUT2D eigenvalue weighted by molar-refractivity contribution is -0.191. The summed E-state index contributed by atoms with van der Waals surface area (Å²) in [6.45, 7) is 2.75. The van der Waals surface area contributed by atoms with Crippen molar-refractivity contribution in [3.63, 3.8) is 0 Å². The van der Waals surface area contributed by atoms with Crippen molar-refractivity contribution in [2.75, 3.05) is 6.54 Å². The molecule has 9 heteroatoms. The van der Waals surface area contributed by atoms with Gasteiger partial charge in [-0.3, -0.25) is 4.79 Å². The number of alkyl halides is 3. The Kier molecular flexibility index (Phi) is 7.15. The fourth-order valence-corrected chi connectivity index (χ4v) is 2.55. The first-order valence-electron chi connectivity index (χ1n) is 7.82. The van der Waals surface area contributed by atoms with Gasteiger partial charge in [-0.25, -0.2) is 4.79 Å². The maximum atomic E-state index is 13.7. The average Bonchev–Trinajstić information content (AvgIpc) is 2.52. The van der Waals surface area contributed by atoms with Gasteiger partial charge in [-0.05, 0) is 30.0 Å². The van der Waals surface area contributed by atoms with Crippen LogP contribution in [0.2, 0.25) is 0 Å². The van der Waals surface area contributed by atoms with Crippen molar-refractivity contribution < 1.29 is 27.9 Å². The lowest BCUT2D eigenvalue weighted by Gasteiger charge is -2.33. The largest absolute Gasteiger partial charge is 0.478 e. The van der Waals surface area contributed by atoms with Gasteiger partial charge in [-0.15, -0.1) is 0 Å². The molecular weight excluding hydrogens is 351 g/mol. The maximum Gasteiger partial charge on any atom is 0.413 e. The van der Waals surface area contributed by atoms with Crippen molar-refractivity contribution in [1.82, 2.24) is 4.90 Å². The number of rotatable bonds is 7. The number of carboxylic acids is 1. The highest BCUT2D eigenvalue weighted by Crippen LogP contribution is 2.38. The molecule has 1 aromatic rings. The van der Waals surface area contributed by atoms with E-state index in [1.165, 1.54) is 0 Å². The topological polar surface area (TPSA) is 107 Å². The lowest BCUT2D eigenvalue weighted by atomic mass is 9.99. The number of hydrogen-bond acceptors (Lipinski definition) is 4. The van der Waals surface area contributed by atoms with E-state index < -0.39 is 36.7 Å². The van der Waals surface area contributed by atoms with Gasteiger partial charge in [-0.2, -0.15) is 18.4 Å². The van der Waals surface area contributed by atoms with Crippen molar-refractivity contribution in [2.45, 2.75) is 38.5 Å². The molecule has 1 amide bonds. The first-order chi connectivity index (χ1) is 12.0. The Morgan fingerprint density at radius 1 is 1.27 bits per heavy atom. The Balaban J connectivity index is 3.31. The number of carboxylic acid groups (broad SMARTS) is 1. The molecule has 3 N–H and O–H groups in total. The minimum atomic E-state index is -4.87. The van der Waals surface area contributed by atoms with Gasteiger partial charge in [0.25, 0.3) is 0 Å². The molecule has 0 saturated carbocycles. The molecular formula is C17H20F3N3O3. The van der Waals surface area contributed by atoms with Gasteiger partial charge < -0.3 is 15.7 Å². The third-order valence-electron chi connectivity index (χ3n) is 3.66. The molecule has 0 fully saturated rings. The van der Waals surface area contributed by atoms with Gasteiger partial charge in [0.2, 0.25) is 5.91 Å². The van der Waals surface area contributed by atoms with E-state index in [-0.39, 0.29) is 23.5 Å². The average molecular weight is 371 g/mol. The second-order valence-corrected chi connectivity index (χ2v) is 6.23. The van der Waals surface area contributed by atoms with Crippen LogP contribution in [0.1, 0.15) is 42.2 Å². The number of aromatic carboxylic acids is 1. The van der Waals surface area contributed by atoms with Crippen LogP contribution in [-0.2, 0) is 4.79 Å². The standard InChI is InChI=1S/C17H20F3N3O3/c1-10(2)9-13(22)15(24)23(8-7-21)14(17(18,19)20)11-3-5-12(6-4-11)16(25)26/h3-6,10,13-14H,8-9,22H2,1-2H3,(H,25,26)/t13-,14?/m0/s1. The number of nitriles is 1. The second kappa shape index (κ2) is 8.67. The first kappa shape index (κ1) is 21.4. The van der Waals surface area contributed by atoms with Gasteiger partial charge >= 0.3 is 12.1 Å². The van der Waals surface area contributed by atoms with Crippen molar-refractivity contribution in [1.29, 1.82) is 5.26 Å². The van der Waals surface area contributed by atoms with Crippen LogP contribution in [0.15, 0.2) is 24.3 Å². The number of carbonyl (C=O) groups excluding carboxylic acids is 1. The zero-order valence-corrected chi connectivity index (χ0v) is 14.3. The molecule has 1 aromatic carbocycles. The molecule has 0 aliphatic rings. The van der Waals surface area contributed by atoms with Gasteiger partial charge in [0, 0.05) is 0 Å². The highest BCUT2D eigenvalue weighted by atomic mass is 19.4. The SMILES string of the molecule is CC(C)C[C@H](N)C(=O)N(CC#N)C(c1ccc(C(=O)O)cc1)C(F)(F)F. The fourth-order valence-electron chi connectivity index (χ4n) is 2.55. The van der Waals surface area contributed by atoms with E-state index in [2.05, 4.69) is 0 Å². The number of nitrogens with two attached hydrogens (primary N) is 1. The van der Waals surface area contributed by atoms with Crippen molar-refractivity contribution in [3.05, 3.63) is 35.4 Å². The molecule has 0 bridgehead atoms. The van der Waals surface area contributed by atoms with Gasteiger partial charge in [0.15, 0.2) is 6.04 Å². The molecule has 0 radical (unpaired) electrons. The predicted molar refractivity (Wildman–Crippen MR) is 87.0 cm³/mol. The molecule has 1 unspecified atom stereocenters. The lowest BCUT2D eigenvalue weighted by Crippen LogP contribution is -2.49. The maximum absolute atomic E-state index is 13.7. The van der Waals surface area contributed by atoms with Crippen LogP contribution >= 0.6 is 0 Å². The Morgan fingerprint density at radius 2 is 1.81 bits per heavy atom. The Hall–Kier alpha value is -2.60. The van der Waals surface area contributed by atoms with E-state index in [1.54, 1.807) is 19.9 Å². The van der Waals surface area contributed by atoms with E-state index in [0.29, 0.717) is 4.90 Å². The Morgan fingerprint density at radius 3 is 2.19 bits per heavy atom. The summed E-state index contributed by atoms with van der Waals surface area (Å²) < 4.78 is 41.0. The number of halogens is 3. The molecule has 0 heterocycles. The molecule has 1 rings (SSSR count). The van der Waals surface area contributed by atoms with Crippen molar-refractivity contribution in [2.24, 2.45) is 11.7 Å². The minimum Gasteiger partial charge on any atom is -0.478 e. The summed E-state index contributed by atoms with van der Waals surface area (Å²) in [5.74, 6) is -2.29. The third-order valence-corrected chi connectivity index (χ3v) is 3.66. The molecule has 0 aliphatic heterocycles. The van der Waals surface area contributed by atoms with Crippen LogP contribution in [0.25, 0.3) is 0 Å². The molecule has 26 heavy (non-hydrogen) atoms. The third kappa shape index (κ3) is 5.46. The van der Waals surface area contributed by atoms with Crippen LogP contribution in [0.3, 0.4) is 0 Å². The summed E-state index contributed by atoms with van der Waals surface area (Å²) in [6, 6.07) is 1.98. The molecule has 2 atom stereocenters. The zero-order valence-electron chi connectivity index (χ0n) is 14.3. The molecule has 0 spiro atoms. The van der Waals surface area contributed by atoms with Gasteiger partial charge in [-0.1, -0.05) is 26.0 Å². The first-order valence-corrected chi connectivity index (χ1v) is 7.82.